The zero-order valence-electron chi connectivity index (χ0n) is 14.4. The number of hydrogen-bond donors (Lipinski definition) is 2. The second-order valence-electron chi connectivity index (χ2n) is 5.56. The molecular weight excluding hydrogens is 467 g/mol. The van der Waals surface area contributed by atoms with E-state index in [-0.39, 0.29) is 30.1 Å². The van der Waals surface area contributed by atoms with Gasteiger partial charge in [-0.25, -0.2) is 9.98 Å². The first-order valence-electron chi connectivity index (χ1n) is 8.25. The number of ether oxygens (including phenoxy) is 2. The first-order chi connectivity index (χ1) is 12.2. The molecular formula is C18H22ClIN4O2. The maximum absolute atomic E-state index is 5.94. The standard InChI is InChI=1S/C18H21ClN4O2.HI/c1-2-20-18(22-10-13-7-8-17(19)21-9-13)23-11-14-12-24-15-5-3-4-6-16(15)25-14;/h3-9,14H,2,10-12H2,1H3,(H2,20,22,23);1H. The molecule has 0 spiro atoms. The van der Waals surface area contributed by atoms with Crippen molar-refractivity contribution in [3.63, 3.8) is 0 Å². The lowest BCUT2D eigenvalue weighted by atomic mass is 10.2. The summed E-state index contributed by atoms with van der Waals surface area (Å²) in [7, 11) is 0. The van der Waals surface area contributed by atoms with Crippen molar-refractivity contribution < 1.29 is 9.47 Å². The normalized spacial score (nSPS) is 15.8. The van der Waals surface area contributed by atoms with E-state index in [1.54, 1.807) is 12.3 Å². The number of nitrogens with one attached hydrogen (secondary N) is 2. The van der Waals surface area contributed by atoms with Crippen LogP contribution < -0.4 is 20.1 Å². The second-order valence-corrected chi connectivity index (χ2v) is 5.95. The predicted octanol–water partition coefficient (Wildman–Crippen LogP) is 3.25. The van der Waals surface area contributed by atoms with Crippen LogP contribution in [0.5, 0.6) is 11.5 Å². The number of aromatic nitrogens is 1. The molecule has 26 heavy (non-hydrogen) atoms. The molecule has 8 heteroatoms. The molecule has 2 aromatic rings. The molecule has 6 nitrogen and oxygen atoms in total. The number of guanidine groups is 1. The molecule has 1 aliphatic rings. The van der Waals surface area contributed by atoms with Crippen molar-refractivity contribution in [2.75, 3.05) is 19.7 Å². The fourth-order valence-corrected chi connectivity index (χ4v) is 2.50. The molecule has 0 radical (unpaired) electrons. The fraction of sp³-hybridized carbons (Fsp3) is 0.333. The van der Waals surface area contributed by atoms with Crippen molar-refractivity contribution in [2.45, 2.75) is 19.6 Å². The van der Waals surface area contributed by atoms with E-state index in [0.717, 1.165) is 29.6 Å². The highest BCUT2D eigenvalue weighted by Crippen LogP contribution is 2.30. The summed E-state index contributed by atoms with van der Waals surface area (Å²) in [5.74, 6) is 2.28. The Morgan fingerprint density at radius 3 is 2.77 bits per heavy atom. The third kappa shape index (κ3) is 5.91. The number of benzene rings is 1. The Morgan fingerprint density at radius 1 is 1.23 bits per heavy atom. The summed E-state index contributed by atoms with van der Waals surface area (Å²) < 4.78 is 11.7. The van der Waals surface area contributed by atoms with Crippen LogP contribution in [0.2, 0.25) is 5.15 Å². The maximum Gasteiger partial charge on any atom is 0.191 e. The number of fused-ring (bicyclic) bond motifs is 1. The van der Waals surface area contributed by atoms with Crippen molar-refractivity contribution in [3.05, 3.63) is 53.3 Å². The van der Waals surface area contributed by atoms with Crippen LogP contribution >= 0.6 is 35.6 Å². The number of hydrogen-bond acceptors (Lipinski definition) is 4. The molecule has 0 amide bonds. The Labute approximate surface area is 175 Å². The minimum absolute atomic E-state index is 0. The monoisotopic (exact) mass is 488 g/mol. The van der Waals surface area contributed by atoms with Crippen molar-refractivity contribution in [1.82, 2.24) is 15.6 Å². The van der Waals surface area contributed by atoms with Crippen LogP contribution in [0.4, 0.5) is 0 Å². The lowest BCUT2D eigenvalue weighted by Crippen LogP contribution is -2.45. The van der Waals surface area contributed by atoms with Gasteiger partial charge in [-0.1, -0.05) is 29.8 Å². The summed E-state index contributed by atoms with van der Waals surface area (Å²) >= 11 is 5.80. The van der Waals surface area contributed by atoms with E-state index < -0.39 is 0 Å². The van der Waals surface area contributed by atoms with Crippen LogP contribution in [0.15, 0.2) is 47.6 Å². The quantitative estimate of drug-likeness (QED) is 0.293. The number of halogens is 2. The number of pyridine rings is 1. The average Bonchev–Trinajstić information content (AvgIpc) is 2.65. The van der Waals surface area contributed by atoms with Crippen LogP contribution in [-0.2, 0) is 6.54 Å². The van der Waals surface area contributed by atoms with Gasteiger partial charge in [0, 0.05) is 12.7 Å². The molecule has 1 aromatic carbocycles. The molecule has 0 saturated carbocycles. The molecule has 3 rings (SSSR count). The molecule has 0 bridgehead atoms. The van der Waals surface area contributed by atoms with Gasteiger partial charge in [0.1, 0.15) is 17.9 Å². The smallest absolute Gasteiger partial charge is 0.191 e. The van der Waals surface area contributed by atoms with Gasteiger partial charge in [-0.2, -0.15) is 0 Å². The first kappa shape index (κ1) is 20.6. The Kier molecular flexibility index (Phi) is 8.24. The lowest BCUT2D eigenvalue weighted by molar-refractivity contribution is 0.0936. The molecule has 1 unspecified atom stereocenters. The number of nitrogens with zero attached hydrogens (tertiary/aromatic N) is 2. The van der Waals surface area contributed by atoms with Gasteiger partial charge in [-0.3, -0.25) is 0 Å². The Balaban J connectivity index is 0.00000243. The van der Waals surface area contributed by atoms with Crippen LogP contribution in [0.3, 0.4) is 0 Å². The Bertz CT molecular complexity index is 727. The van der Waals surface area contributed by atoms with Gasteiger partial charge in [-0.15, -0.1) is 24.0 Å². The van der Waals surface area contributed by atoms with Crippen LogP contribution in [0.25, 0.3) is 0 Å². The summed E-state index contributed by atoms with van der Waals surface area (Å²) in [5, 5.41) is 6.99. The Hall–Kier alpha value is -1.74. The zero-order chi connectivity index (χ0) is 17.5. The van der Waals surface area contributed by atoms with Crippen molar-refractivity contribution in [3.8, 4) is 11.5 Å². The number of aliphatic imine (C=N–C) groups is 1. The van der Waals surface area contributed by atoms with Gasteiger partial charge >= 0.3 is 0 Å². The summed E-state index contributed by atoms with van der Waals surface area (Å²) in [6.07, 6.45) is 1.65. The highest BCUT2D eigenvalue weighted by atomic mass is 127. The van der Waals surface area contributed by atoms with Crippen LogP contribution in [0.1, 0.15) is 12.5 Å². The highest BCUT2D eigenvalue weighted by molar-refractivity contribution is 14.0. The summed E-state index contributed by atoms with van der Waals surface area (Å²) in [6, 6.07) is 11.4. The molecule has 140 valence electrons. The van der Waals surface area contributed by atoms with Crippen molar-refractivity contribution in [2.24, 2.45) is 4.99 Å². The molecule has 2 heterocycles. The topological polar surface area (TPSA) is 67.8 Å². The second kappa shape index (κ2) is 10.4. The molecule has 1 aromatic heterocycles. The Morgan fingerprint density at radius 2 is 2.04 bits per heavy atom. The number of para-hydroxylation sites is 2. The minimum atomic E-state index is -0.0732. The van der Waals surface area contributed by atoms with Gasteiger partial charge in [-0.05, 0) is 30.7 Å². The largest absolute Gasteiger partial charge is 0.486 e. The maximum atomic E-state index is 5.94. The fourth-order valence-electron chi connectivity index (χ4n) is 2.39. The van der Waals surface area contributed by atoms with Crippen molar-refractivity contribution in [1.29, 1.82) is 0 Å². The van der Waals surface area contributed by atoms with Gasteiger partial charge in [0.05, 0.1) is 13.1 Å². The predicted molar refractivity (Wildman–Crippen MR) is 114 cm³/mol. The van der Waals surface area contributed by atoms with Gasteiger partial charge in [0.2, 0.25) is 0 Å². The lowest BCUT2D eigenvalue weighted by Gasteiger charge is -2.27. The summed E-state index contributed by atoms with van der Waals surface area (Å²) in [4.78, 5) is 8.62. The van der Waals surface area contributed by atoms with Crippen molar-refractivity contribution >= 4 is 41.5 Å². The molecule has 0 fully saturated rings. The van der Waals surface area contributed by atoms with Gasteiger partial charge in [0.25, 0.3) is 0 Å². The van der Waals surface area contributed by atoms with E-state index in [4.69, 9.17) is 21.1 Å². The van der Waals surface area contributed by atoms with E-state index >= 15 is 0 Å². The summed E-state index contributed by atoms with van der Waals surface area (Å²) in [6.45, 7) is 4.42. The van der Waals surface area contributed by atoms with Gasteiger partial charge < -0.3 is 20.1 Å². The third-order valence-corrected chi connectivity index (χ3v) is 3.84. The molecule has 1 aliphatic heterocycles. The molecule has 2 N–H and O–H groups in total. The van der Waals surface area contributed by atoms with E-state index in [0.29, 0.717) is 24.8 Å². The van der Waals surface area contributed by atoms with Gasteiger partial charge in [0.15, 0.2) is 17.5 Å². The summed E-state index contributed by atoms with van der Waals surface area (Å²) in [5.41, 5.74) is 0.993. The van der Waals surface area contributed by atoms with E-state index in [2.05, 4.69) is 20.6 Å². The SMILES string of the molecule is CCNC(=NCc1ccc(Cl)nc1)NCC1COc2ccccc2O1.I. The van der Waals surface area contributed by atoms with E-state index in [1.165, 1.54) is 0 Å². The van der Waals surface area contributed by atoms with E-state index in [9.17, 15) is 0 Å². The highest BCUT2D eigenvalue weighted by Gasteiger charge is 2.20. The molecule has 0 aliphatic carbocycles. The van der Waals surface area contributed by atoms with Crippen LogP contribution in [-0.4, -0.2) is 36.7 Å². The average molecular weight is 489 g/mol. The van der Waals surface area contributed by atoms with Crippen LogP contribution in [0, 0.1) is 0 Å². The minimum Gasteiger partial charge on any atom is -0.486 e. The third-order valence-electron chi connectivity index (χ3n) is 3.62. The first-order valence-corrected chi connectivity index (χ1v) is 8.63. The zero-order valence-corrected chi connectivity index (χ0v) is 17.5. The molecule has 1 atom stereocenters. The van der Waals surface area contributed by atoms with E-state index in [1.807, 2.05) is 37.3 Å². The molecule has 0 saturated heterocycles. The number of rotatable bonds is 5.